The van der Waals surface area contributed by atoms with Crippen LogP contribution in [0.5, 0.6) is 0 Å². The molecule has 0 radical (unpaired) electrons. The second-order valence-electron chi connectivity index (χ2n) is 4.55. The Balaban J connectivity index is 2.33. The minimum Gasteiger partial charge on any atom is -0.326 e. The second kappa shape index (κ2) is 4.08. The highest BCUT2D eigenvalue weighted by Gasteiger charge is 2.26. The molecule has 1 aliphatic rings. The molecule has 1 heterocycles. The topological polar surface area (TPSA) is 0 Å². The zero-order valence-corrected chi connectivity index (χ0v) is 8.55. The van der Waals surface area contributed by atoms with Crippen molar-refractivity contribution in [1.29, 1.82) is 0 Å². The summed E-state index contributed by atoms with van der Waals surface area (Å²) >= 11 is 0. The van der Waals surface area contributed by atoms with Crippen molar-refractivity contribution in [2.75, 3.05) is 26.7 Å². The largest absolute Gasteiger partial charge is 0.326 e. The summed E-state index contributed by atoms with van der Waals surface area (Å²) in [5.41, 5.74) is 0. The summed E-state index contributed by atoms with van der Waals surface area (Å²) in [7, 11) is 2.38. The van der Waals surface area contributed by atoms with Gasteiger partial charge in [0.2, 0.25) is 0 Å². The molecule has 1 saturated heterocycles. The van der Waals surface area contributed by atoms with Gasteiger partial charge < -0.3 is 4.48 Å². The van der Waals surface area contributed by atoms with Gasteiger partial charge >= 0.3 is 0 Å². The first-order chi connectivity index (χ1) is 5.66. The first-order valence-electron chi connectivity index (χ1n) is 5.11. The van der Waals surface area contributed by atoms with Gasteiger partial charge in [0.05, 0.1) is 26.7 Å². The third-order valence-corrected chi connectivity index (χ3v) is 3.20. The Morgan fingerprint density at radius 1 is 1.42 bits per heavy atom. The zero-order chi connectivity index (χ0) is 9.03. The van der Waals surface area contributed by atoms with E-state index in [1.54, 1.807) is 0 Å². The van der Waals surface area contributed by atoms with E-state index in [1.807, 2.05) is 6.08 Å². The Morgan fingerprint density at radius 3 is 2.50 bits per heavy atom. The quantitative estimate of drug-likeness (QED) is 0.448. The van der Waals surface area contributed by atoms with E-state index in [9.17, 15) is 0 Å². The molecule has 0 bridgehead atoms. The maximum Gasteiger partial charge on any atom is 0.0819 e. The van der Waals surface area contributed by atoms with Gasteiger partial charge in [0.15, 0.2) is 0 Å². The van der Waals surface area contributed by atoms with Gasteiger partial charge in [-0.1, -0.05) is 13.0 Å². The average Bonchev–Trinajstić information content (AvgIpc) is 2.08. The summed E-state index contributed by atoms with van der Waals surface area (Å²) in [4.78, 5) is 0. The first kappa shape index (κ1) is 9.79. The maximum absolute atomic E-state index is 3.78. The molecule has 70 valence electrons. The molecule has 0 saturated carbocycles. The minimum atomic E-state index is 0.958. The second-order valence-corrected chi connectivity index (χ2v) is 4.55. The van der Waals surface area contributed by atoms with Crippen molar-refractivity contribution >= 4 is 0 Å². The molecule has 0 spiro atoms. The number of hydrogen-bond donors (Lipinski definition) is 0. The summed E-state index contributed by atoms with van der Waals surface area (Å²) in [6.45, 7) is 10.2. The number of nitrogens with zero attached hydrogens (tertiary/aromatic N) is 1. The van der Waals surface area contributed by atoms with E-state index in [1.165, 1.54) is 43.4 Å². The summed E-state index contributed by atoms with van der Waals surface area (Å²) in [6.07, 6.45) is 6.04. The Bertz CT molecular complexity index is 143. The molecule has 0 aliphatic carbocycles. The van der Waals surface area contributed by atoms with Gasteiger partial charge in [-0.25, -0.2) is 0 Å². The lowest BCUT2D eigenvalue weighted by molar-refractivity contribution is -0.914. The predicted octanol–water partition coefficient (Wildman–Crippen LogP) is 2.44. The number of piperidine rings is 1. The lowest BCUT2D eigenvalue weighted by Crippen LogP contribution is -2.49. The van der Waals surface area contributed by atoms with Gasteiger partial charge in [-0.05, 0) is 18.8 Å². The molecule has 0 aromatic heterocycles. The predicted molar refractivity (Wildman–Crippen MR) is 54.0 cm³/mol. The van der Waals surface area contributed by atoms with Gasteiger partial charge in [-0.3, -0.25) is 0 Å². The van der Waals surface area contributed by atoms with Crippen molar-refractivity contribution in [3.05, 3.63) is 12.7 Å². The van der Waals surface area contributed by atoms with Crippen molar-refractivity contribution in [3.63, 3.8) is 0 Å². The lowest BCUT2D eigenvalue weighted by Gasteiger charge is -2.39. The Morgan fingerprint density at radius 2 is 2.00 bits per heavy atom. The molecule has 1 fully saturated rings. The molecule has 1 heteroatoms. The Hall–Kier alpha value is -0.300. The van der Waals surface area contributed by atoms with Crippen LogP contribution in [0.4, 0.5) is 0 Å². The molecule has 1 rings (SSSR count). The molecule has 0 aromatic rings. The van der Waals surface area contributed by atoms with Crippen LogP contribution in [0.25, 0.3) is 0 Å². The van der Waals surface area contributed by atoms with Crippen LogP contribution in [-0.4, -0.2) is 31.2 Å². The van der Waals surface area contributed by atoms with Gasteiger partial charge in [0.25, 0.3) is 0 Å². The molecule has 0 N–H and O–H groups in total. The Labute approximate surface area is 76.7 Å². The standard InChI is InChI=1S/C11H22N/c1-4-5-8-12(3)9-6-11(2)7-10-12/h4,11H,1,5-10H2,2-3H3/q+1. The highest BCUT2D eigenvalue weighted by molar-refractivity contribution is 4.67. The Kier molecular flexibility index (Phi) is 3.33. The van der Waals surface area contributed by atoms with Crippen LogP contribution in [0.15, 0.2) is 12.7 Å². The van der Waals surface area contributed by atoms with Crippen molar-refractivity contribution in [3.8, 4) is 0 Å². The molecule has 0 unspecified atom stereocenters. The maximum atomic E-state index is 3.78. The fourth-order valence-electron chi connectivity index (χ4n) is 1.95. The molecule has 1 aliphatic heterocycles. The zero-order valence-electron chi connectivity index (χ0n) is 8.55. The van der Waals surface area contributed by atoms with Crippen LogP contribution in [0.2, 0.25) is 0 Å². The van der Waals surface area contributed by atoms with Crippen LogP contribution in [-0.2, 0) is 0 Å². The van der Waals surface area contributed by atoms with Crippen LogP contribution < -0.4 is 0 Å². The van der Waals surface area contributed by atoms with Crippen molar-refractivity contribution in [1.82, 2.24) is 0 Å². The first-order valence-corrected chi connectivity index (χ1v) is 5.11. The summed E-state index contributed by atoms with van der Waals surface area (Å²) in [6, 6.07) is 0. The molecule has 1 nitrogen and oxygen atoms in total. The number of rotatable bonds is 3. The van der Waals surface area contributed by atoms with Gasteiger partial charge in [-0.15, -0.1) is 6.58 Å². The van der Waals surface area contributed by atoms with E-state index >= 15 is 0 Å². The molecular weight excluding hydrogens is 146 g/mol. The van der Waals surface area contributed by atoms with Gasteiger partial charge in [0, 0.05) is 6.42 Å². The molecule has 0 aromatic carbocycles. The van der Waals surface area contributed by atoms with Crippen molar-refractivity contribution in [2.45, 2.75) is 26.2 Å². The highest BCUT2D eigenvalue weighted by Crippen LogP contribution is 2.21. The molecule has 0 amide bonds. The van der Waals surface area contributed by atoms with Crippen LogP contribution in [0.1, 0.15) is 26.2 Å². The summed E-state index contributed by atoms with van der Waals surface area (Å²) < 4.78 is 1.27. The van der Waals surface area contributed by atoms with E-state index in [-0.39, 0.29) is 0 Å². The summed E-state index contributed by atoms with van der Waals surface area (Å²) in [5.74, 6) is 0.958. The molecule has 12 heavy (non-hydrogen) atoms. The molecular formula is C11H22N+. The molecule has 0 atom stereocenters. The lowest BCUT2D eigenvalue weighted by atomic mass is 9.97. The van der Waals surface area contributed by atoms with Crippen LogP contribution in [0.3, 0.4) is 0 Å². The third kappa shape index (κ3) is 2.63. The van der Waals surface area contributed by atoms with E-state index in [4.69, 9.17) is 0 Å². The average molecular weight is 168 g/mol. The smallest absolute Gasteiger partial charge is 0.0819 e. The van der Waals surface area contributed by atoms with Gasteiger partial charge in [-0.2, -0.15) is 0 Å². The van der Waals surface area contributed by atoms with E-state index in [2.05, 4.69) is 20.6 Å². The summed E-state index contributed by atoms with van der Waals surface area (Å²) in [5, 5.41) is 0. The normalized spacial score (nSPS) is 36.3. The number of likely N-dealkylation sites (tertiary alicyclic amines) is 1. The minimum absolute atomic E-state index is 0.958. The van der Waals surface area contributed by atoms with Gasteiger partial charge in [0.1, 0.15) is 0 Å². The monoisotopic (exact) mass is 168 g/mol. The SMILES string of the molecule is C=CCC[N+]1(C)CCC(C)CC1. The fraction of sp³-hybridized carbons (Fsp3) is 0.818. The third-order valence-electron chi connectivity index (χ3n) is 3.20. The van der Waals surface area contributed by atoms with Crippen LogP contribution in [0, 0.1) is 5.92 Å². The fourth-order valence-corrected chi connectivity index (χ4v) is 1.95. The number of hydrogen-bond acceptors (Lipinski definition) is 0. The van der Waals surface area contributed by atoms with E-state index in [0.717, 1.165) is 5.92 Å². The van der Waals surface area contributed by atoms with Crippen LogP contribution >= 0.6 is 0 Å². The van der Waals surface area contributed by atoms with E-state index in [0.29, 0.717) is 0 Å². The number of quaternary nitrogens is 1. The van der Waals surface area contributed by atoms with E-state index < -0.39 is 0 Å². The highest BCUT2D eigenvalue weighted by atomic mass is 15.3. The van der Waals surface area contributed by atoms with Crippen molar-refractivity contribution < 1.29 is 4.48 Å². The van der Waals surface area contributed by atoms with Crippen molar-refractivity contribution in [2.24, 2.45) is 5.92 Å².